The number of sulfonamides is 1. The van der Waals surface area contributed by atoms with Gasteiger partial charge in [-0.05, 0) is 44.0 Å². The number of nitrogens with zero attached hydrogens (tertiary/aromatic N) is 5. The van der Waals surface area contributed by atoms with Crippen molar-refractivity contribution in [2.24, 2.45) is 0 Å². The van der Waals surface area contributed by atoms with Crippen LogP contribution < -0.4 is 4.90 Å². The molecule has 34 heavy (non-hydrogen) atoms. The Morgan fingerprint density at radius 3 is 2.44 bits per heavy atom. The van der Waals surface area contributed by atoms with E-state index in [0.717, 1.165) is 37.3 Å². The average molecular weight is 482 g/mol. The largest absolute Gasteiger partial charge is 0.368 e. The van der Waals surface area contributed by atoms with Crippen molar-refractivity contribution in [2.45, 2.75) is 25.7 Å². The number of aromatic nitrogens is 2. The van der Waals surface area contributed by atoms with Crippen molar-refractivity contribution in [1.29, 1.82) is 0 Å². The van der Waals surface area contributed by atoms with Crippen LogP contribution >= 0.6 is 0 Å². The lowest BCUT2D eigenvalue weighted by Crippen LogP contribution is -2.49. The van der Waals surface area contributed by atoms with Crippen molar-refractivity contribution in [1.82, 2.24) is 18.6 Å². The summed E-state index contributed by atoms with van der Waals surface area (Å²) in [4.78, 5) is 22.6. The third-order valence-electron chi connectivity index (χ3n) is 6.96. The maximum atomic E-state index is 13.5. The smallest absolute Gasteiger partial charge is 0.274 e. The third-order valence-corrected chi connectivity index (χ3v) is 8.23. The number of amides is 1. The van der Waals surface area contributed by atoms with E-state index in [-0.39, 0.29) is 11.8 Å². The standard InChI is InChI=1S/C25H31N5O3S/c1-19-8-10-21(11-9-19)27-14-16-28(17-15-27)25(31)23-22-7-3-4-13-30(22)24(26-23)20-6-5-12-29(18-20)34(2,32)33/h3-4,7-11,13,20H,5-6,12,14-18H2,1-2H3/t20-/m0/s1. The van der Waals surface area contributed by atoms with Gasteiger partial charge in [-0.1, -0.05) is 23.8 Å². The zero-order valence-electron chi connectivity index (χ0n) is 19.7. The fraction of sp³-hybridized carbons (Fsp3) is 0.440. The van der Waals surface area contributed by atoms with Gasteiger partial charge in [0.25, 0.3) is 5.91 Å². The Hall–Kier alpha value is -2.91. The van der Waals surface area contributed by atoms with Gasteiger partial charge in [-0.25, -0.2) is 17.7 Å². The van der Waals surface area contributed by atoms with Crippen molar-refractivity contribution in [3.63, 3.8) is 0 Å². The number of carbonyl (C=O) groups is 1. The molecule has 4 heterocycles. The zero-order valence-corrected chi connectivity index (χ0v) is 20.5. The summed E-state index contributed by atoms with van der Waals surface area (Å²) < 4.78 is 27.7. The summed E-state index contributed by atoms with van der Waals surface area (Å²) in [7, 11) is -3.26. The number of fused-ring (bicyclic) bond motifs is 1. The zero-order chi connectivity index (χ0) is 23.9. The van der Waals surface area contributed by atoms with E-state index in [1.54, 1.807) is 0 Å². The average Bonchev–Trinajstić information content (AvgIpc) is 3.24. The van der Waals surface area contributed by atoms with Crippen LogP contribution in [0.25, 0.3) is 5.52 Å². The van der Waals surface area contributed by atoms with Crippen LogP contribution in [0.3, 0.4) is 0 Å². The van der Waals surface area contributed by atoms with Crippen LogP contribution in [-0.2, 0) is 10.0 Å². The summed E-state index contributed by atoms with van der Waals surface area (Å²) in [6.07, 6.45) is 4.81. The van der Waals surface area contributed by atoms with Gasteiger partial charge in [0, 0.05) is 57.1 Å². The number of benzene rings is 1. The van der Waals surface area contributed by atoms with Crippen molar-refractivity contribution in [3.8, 4) is 0 Å². The highest BCUT2D eigenvalue weighted by Crippen LogP contribution is 2.30. The molecule has 8 nitrogen and oxygen atoms in total. The normalized spacial score (nSPS) is 20.1. The van der Waals surface area contributed by atoms with Gasteiger partial charge in [0.1, 0.15) is 5.82 Å². The Balaban J connectivity index is 1.37. The first-order valence-corrected chi connectivity index (χ1v) is 13.7. The molecule has 0 unspecified atom stereocenters. The second-order valence-corrected chi connectivity index (χ2v) is 11.3. The van der Waals surface area contributed by atoms with Gasteiger partial charge >= 0.3 is 0 Å². The predicted molar refractivity (Wildman–Crippen MR) is 133 cm³/mol. The molecule has 180 valence electrons. The number of piperidine rings is 1. The van der Waals surface area contributed by atoms with Crippen molar-refractivity contribution in [2.75, 3.05) is 50.4 Å². The van der Waals surface area contributed by atoms with Gasteiger partial charge in [0.15, 0.2) is 5.69 Å². The molecule has 3 aromatic rings. The first kappa shape index (κ1) is 22.9. The molecule has 5 rings (SSSR count). The maximum Gasteiger partial charge on any atom is 0.274 e. The summed E-state index contributed by atoms with van der Waals surface area (Å²) in [5.74, 6) is 0.665. The topological polar surface area (TPSA) is 78.2 Å². The Bertz CT molecular complexity index is 1290. The summed E-state index contributed by atoms with van der Waals surface area (Å²) in [6.45, 7) is 5.85. The van der Waals surface area contributed by atoms with Gasteiger partial charge in [-0.2, -0.15) is 0 Å². The van der Waals surface area contributed by atoms with Crippen LogP contribution in [0.15, 0.2) is 48.7 Å². The number of hydrogen-bond acceptors (Lipinski definition) is 5. The molecule has 1 aromatic carbocycles. The SMILES string of the molecule is Cc1ccc(N2CCN(C(=O)c3nc([C@H]4CCCN(S(C)(=O)=O)C4)n4ccccc34)CC2)cc1. The molecule has 0 N–H and O–H groups in total. The summed E-state index contributed by atoms with van der Waals surface area (Å²) in [6, 6.07) is 14.2. The molecule has 2 aliphatic rings. The summed E-state index contributed by atoms with van der Waals surface area (Å²) >= 11 is 0. The Morgan fingerprint density at radius 2 is 1.74 bits per heavy atom. The molecule has 2 saturated heterocycles. The number of imidazole rings is 1. The first-order valence-electron chi connectivity index (χ1n) is 11.8. The van der Waals surface area contributed by atoms with Crippen LogP contribution in [0.1, 0.15) is 40.6 Å². The fourth-order valence-electron chi connectivity index (χ4n) is 5.03. The number of rotatable bonds is 4. The minimum absolute atomic E-state index is 0.0432. The van der Waals surface area contributed by atoms with Crippen molar-refractivity contribution < 1.29 is 13.2 Å². The number of carbonyl (C=O) groups excluding carboxylic acids is 1. The van der Waals surface area contributed by atoms with Crippen molar-refractivity contribution in [3.05, 3.63) is 65.7 Å². The second-order valence-electron chi connectivity index (χ2n) is 9.35. The lowest BCUT2D eigenvalue weighted by atomic mass is 9.99. The van der Waals surface area contributed by atoms with Crippen molar-refractivity contribution >= 4 is 27.1 Å². The van der Waals surface area contributed by atoms with Crippen LogP contribution in [0.4, 0.5) is 5.69 Å². The highest BCUT2D eigenvalue weighted by Gasteiger charge is 2.32. The molecule has 1 amide bonds. The molecule has 2 fully saturated rings. The number of pyridine rings is 1. The van der Waals surface area contributed by atoms with E-state index in [0.29, 0.717) is 31.9 Å². The third kappa shape index (κ3) is 4.42. The van der Waals surface area contributed by atoms with Gasteiger partial charge in [-0.15, -0.1) is 0 Å². The van der Waals surface area contributed by atoms with E-state index in [9.17, 15) is 13.2 Å². The summed E-state index contributed by atoms with van der Waals surface area (Å²) in [5, 5.41) is 0. The molecule has 0 saturated carbocycles. The molecule has 0 radical (unpaired) electrons. The molecular formula is C25H31N5O3S. The van der Waals surface area contributed by atoms with Gasteiger partial charge < -0.3 is 14.2 Å². The van der Waals surface area contributed by atoms with Gasteiger partial charge in [0.2, 0.25) is 10.0 Å². The number of piperazine rings is 1. The highest BCUT2D eigenvalue weighted by molar-refractivity contribution is 7.88. The molecule has 9 heteroatoms. The lowest BCUT2D eigenvalue weighted by molar-refractivity contribution is 0.0743. The van der Waals surface area contributed by atoms with Crippen LogP contribution in [0.2, 0.25) is 0 Å². The molecule has 1 atom stereocenters. The van der Waals surface area contributed by atoms with E-state index in [2.05, 4.69) is 36.1 Å². The number of hydrogen-bond donors (Lipinski definition) is 0. The lowest BCUT2D eigenvalue weighted by Gasteiger charge is -2.36. The van der Waals surface area contributed by atoms with Gasteiger partial charge in [-0.3, -0.25) is 4.79 Å². The molecule has 0 aliphatic carbocycles. The van der Waals surface area contributed by atoms with E-state index in [1.165, 1.54) is 21.8 Å². The number of aryl methyl sites for hydroxylation is 1. The minimum atomic E-state index is -3.26. The first-order chi connectivity index (χ1) is 16.3. The fourth-order valence-corrected chi connectivity index (χ4v) is 5.95. The van der Waals surface area contributed by atoms with E-state index >= 15 is 0 Å². The molecule has 0 spiro atoms. The highest BCUT2D eigenvalue weighted by atomic mass is 32.2. The van der Waals surface area contributed by atoms with E-state index < -0.39 is 10.0 Å². The quantitative estimate of drug-likeness (QED) is 0.573. The molecular weight excluding hydrogens is 450 g/mol. The Labute approximate surface area is 200 Å². The van der Waals surface area contributed by atoms with Gasteiger partial charge in [0.05, 0.1) is 11.8 Å². The molecule has 0 bridgehead atoms. The van der Waals surface area contributed by atoms with Crippen LogP contribution in [-0.4, -0.2) is 78.4 Å². The maximum absolute atomic E-state index is 13.5. The van der Waals surface area contributed by atoms with Crippen LogP contribution in [0, 0.1) is 6.92 Å². The number of anilines is 1. The summed E-state index contributed by atoms with van der Waals surface area (Å²) in [5.41, 5.74) is 3.65. The second kappa shape index (κ2) is 9.03. The van der Waals surface area contributed by atoms with E-state index in [1.807, 2.05) is 33.7 Å². The monoisotopic (exact) mass is 481 g/mol. The Kier molecular flexibility index (Phi) is 6.07. The molecule has 2 aromatic heterocycles. The Morgan fingerprint density at radius 1 is 1.00 bits per heavy atom. The minimum Gasteiger partial charge on any atom is -0.368 e. The van der Waals surface area contributed by atoms with Crippen LogP contribution in [0.5, 0.6) is 0 Å². The van der Waals surface area contributed by atoms with E-state index in [4.69, 9.17) is 4.98 Å². The molecule has 2 aliphatic heterocycles. The predicted octanol–water partition coefficient (Wildman–Crippen LogP) is 2.74.